The minimum absolute atomic E-state index is 0.0410. The molecule has 0 bridgehead atoms. The van der Waals surface area contributed by atoms with E-state index in [0.29, 0.717) is 0 Å². The van der Waals surface area contributed by atoms with Crippen LogP contribution >= 0.6 is 34.8 Å². The Labute approximate surface area is 139 Å². The lowest BCUT2D eigenvalue weighted by Crippen LogP contribution is -2.12. The van der Waals surface area contributed by atoms with Crippen molar-refractivity contribution in [3.05, 3.63) is 50.6 Å². The molecule has 0 fully saturated rings. The molecule has 0 radical (unpaired) electrons. The fraction of sp³-hybridized carbons (Fsp3) is 0.143. The average Bonchev–Trinajstić information content (AvgIpc) is 2.38. The Hall–Kier alpha value is -1.48. The third-order valence-corrected chi connectivity index (χ3v) is 3.59. The minimum Gasteiger partial charge on any atom is -0.243 e. The van der Waals surface area contributed by atoms with Crippen LogP contribution in [0.15, 0.2) is 24.3 Å². The first-order valence-electron chi connectivity index (χ1n) is 5.83. The lowest BCUT2D eigenvalue weighted by Gasteiger charge is -2.13. The highest BCUT2D eigenvalue weighted by Crippen LogP contribution is 2.38. The first-order valence-corrected chi connectivity index (χ1v) is 6.96. The van der Waals surface area contributed by atoms with Crippen molar-refractivity contribution in [1.82, 2.24) is 4.98 Å². The van der Waals surface area contributed by atoms with Gasteiger partial charge in [0.05, 0.1) is 28.2 Å². The summed E-state index contributed by atoms with van der Waals surface area (Å²) in [5.41, 5.74) is -1.23. The Balaban J connectivity index is 2.67. The van der Waals surface area contributed by atoms with E-state index in [0.717, 1.165) is 0 Å². The predicted molar refractivity (Wildman–Crippen MR) is 79.0 cm³/mol. The molecule has 114 valence electrons. The van der Waals surface area contributed by atoms with Crippen LogP contribution in [-0.4, -0.2) is 4.98 Å². The zero-order valence-electron chi connectivity index (χ0n) is 10.7. The summed E-state index contributed by atoms with van der Waals surface area (Å²) >= 11 is 17.8. The number of nitriles is 1. The monoisotopic (exact) mass is 364 g/mol. The summed E-state index contributed by atoms with van der Waals surface area (Å²) < 4.78 is 39.2. The van der Waals surface area contributed by atoms with Gasteiger partial charge in [0.15, 0.2) is 0 Å². The van der Waals surface area contributed by atoms with Gasteiger partial charge >= 0.3 is 6.18 Å². The Morgan fingerprint density at radius 3 is 2.18 bits per heavy atom. The van der Waals surface area contributed by atoms with E-state index in [1.807, 2.05) is 0 Å². The van der Waals surface area contributed by atoms with Gasteiger partial charge in [-0.25, -0.2) is 4.98 Å². The second-order valence-corrected chi connectivity index (χ2v) is 5.53. The van der Waals surface area contributed by atoms with Crippen molar-refractivity contribution in [3.8, 4) is 17.3 Å². The highest BCUT2D eigenvalue weighted by Gasteiger charge is 2.35. The fourth-order valence-electron chi connectivity index (χ4n) is 1.89. The maximum atomic E-state index is 13.1. The maximum absolute atomic E-state index is 13.1. The van der Waals surface area contributed by atoms with Gasteiger partial charge in [0.1, 0.15) is 5.69 Å². The zero-order valence-corrected chi connectivity index (χ0v) is 12.9. The topological polar surface area (TPSA) is 36.7 Å². The van der Waals surface area contributed by atoms with Crippen molar-refractivity contribution in [1.29, 1.82) is 5.26 Å². The van der Waals surface area contributed by atoms with Crippen LogP contribution in [0.5, 0.6) is 0 Å². The third kappa shape index (κ3) is 3.46. The maximum Gasteiger partial charge on any atom is 0.433 e. The summed E-state index contributed by atoms with van der Waals surface area (Å²) in [5.74, 6) is 0. The minimum atomic E-state index is -4.69. The largest absolute Gasteiger partial charge is 0.433 e. The van der Waals surface area contributed by atoms with Crippen molar-refractivity contribution >= 4 is 34.8 Å². The van der Waals surface area contributed by atoms with E-state index in [1.165, 1.54) is 24.3 Å². The molecule has 0 saturated heterocycles. The van der Waals surface area contributed by atoms with Crippen LogP contribution in [0.2, 0.25) is 15.1 Å². The van der Waals surface area contributed by atoms with Crippen LogP contribution in [0.25, 0.3) is 11.3 Å². The molecule has 0 atom stereocenters. The van der Waals surface area contributed by atoms with E-state index < -0.39 is 18.3 Å². The SMILES string of the molecule is N#CCc1ccc(-c2c(Cl)cc(Cl)cc2Cl)nc1C(F)(F)F. The molecule has 2 rings (SSSR count). The quantitative estimate of drug-likeness (QED) is 0.675. The first-order chi connectivity index (χ1) is 10.2. The molecule has 8 heteroatoms. The van der Waals surface area contributed by atoms with Gasteiger partial charge < -0.3 is 0 Å². The number of hydrogen-bond donors (Lipinski definition) is 0. The van der Waals surface area contributed by atoms with Crippen LogP contribution in [0.4, 0.5) is 13.2 Å². The number of hydrogen-bond acceptors (Lipinski definition) is 2. The smallest absolute Gasteiger partial charge is 0.243 e. The number of halogens is 6. The van der Waals surface area contributed by atoms with Crippen LogP contribution in [0, 0.1) is 11.3 Å². The van der Waals surface area contributed by atoms with E-state index in [4.69, 9.17) is 40.1 Å². The summed E-state index contributed by atoms with van der Waals surface area (Å²) in [4.78, 5) is 3.60. The molecule has 0 saturated carbocycles. The Kier molecular flexibility index (Phi) is 4.86. The molecular weight excluding hydrogens is 360 g/mol. The molecule has 0 amide bonds. The predicted octanol–water partition coefficient (Wildman–Crippen LogP) is 5.79. The summed E-state index contributed by atoms with van der Waals surface area (Å²) in [7, 11) is 0. The molecule has 1 aromatic carbocycles. The highest BCUT2D eigenvalue weighted by atomic mass is 35.5. The van der Waals surface area contributed by atoms with E-state index in [1.54, 1.807) is 6.07 Å². The number of benzene rings is 1. The van der Waals surface area contributed by atoms with Gasteiger partial charge in [-0.05, 0) is 23.8 Å². The molecule has 1 heterocycles. The molecule has 0 unspecified atom stereocenters. The first kappa shape index (κ1) is 16.9. The normalized spacial score (nSPS) is 11.3. The van der Waals surface area contributed by atoms with E-state index in [9.17, 15) is 13.2 Å². The second kappa shape index (κ2) is 6.33. The summed E-state index contributed by atoms with van der Waals surface area (Å²) in [6, 6.07) is 6.93. The summed E-state index contributed by atoms with van der Waals surface area (Å²) in [6.45, 7) is 0. The van der Waals surface area contributed by atoms with Gasteiger partial charge in [0.2, 0.25) is 0 Å². The second-order valence-electron chi connectivity index (χ2n) is 4.28. The molecule has 0 aliphatic rings. The highest BCUT2D eigenvalue weighted by molar-refractivity contribution is 6.41. The third-order valence-electron chi connectivity index (χ3n) is 2.78. The van der Waals surface area contributed by atoms with Crippen molar-refractivity contribution < 1.29 is 13.2 Å². The van der Waals surface area contributed by atoms with Gasteiger partial charge in [0, 0.05) is 10.6 Å². The Bertz CT molecular complexity index is 744. The van der Waals surface area contributed by atoms with Gasteiger partial charge in [-0.1, -0.05) is 40.9 Å². The molecule has 2 aromatic rings. The number of alkyl halides is 3. The summed E-state index contributed by atoms with van der Waals surface area (Å²) in [6.07, 6.45) is -5.09. The molecule has 2 nitrogen and oxygen atoms in total. The molecule has 0 spiro atoms. The van der Waals surface area contributed by atoms with Crippen LogP contribution in [0.3, 0.4) is 0 Å². The fourth-order valence-corrected chi connectivity index (χ4v) is 2.90. The van der Waals surface area contributed by atoms with Crippen molar-refractivity contribution in [2.75, 3.05) is 0 Å². The number of pyridine rings is 1. The number of rotatable bonds is 2. The molecule has 0 aliphatic heterocycles. The van der Waals surface area contributed by atoms with E-state index >= 15 is 0 Å². The molecule has 0 aliphatic carbocycles. The average molecular weight is 366 g/mol. The lowest BCUT2D eigenvalue weighted by atomic mass is 10.1. The van der Waals surface area contributed by atoms with Gasteiger partial charge in [-0.2, -0.15) is 18.4 Å². The molecule has 1 aromatic heterocycles. The molecule has 0 N–H and O–H groups in total. The standard InChI is InChI=1S/C14H6Cl3F3N2/c15-8-5-9(16)12(10(17)6-8)11-2-1-7(3-4-21)13(22-11)14(18,19)20/h1-2,5-6H,3H2. The Morgan fingerprint density at radius 2 is 1.68 bits per heavy atom. The van der Waals surface area contributed by atoms with Crippen molar-refractivity contribution in [2.45, 2.75) is 12.6 Å². The van der Waals surface area contributed by atoms with Crippen molar-refractivity contribution in [3.63, 3.8) is 0 Å². The zero-order chi connectivity index (χ0) is 16.5. The number of nitrogens with zero attached hydrogens (tertiary/aromatic N) is 2. The van der Waals surface area contributed by atoms with Crippen LogP contribution < -0.4 is 0 Å². The van der Waals surface area contributed by atoms with E-state index in [-0.39, 0.29) is 31.9 Å². The molecular formula is C14H6Cl3F3N2. The lowest BCUT2D eigenvalue weighted by molar-refractivity contribution is -0.141. The van der Waals surface area contributed by atoms with E-state index in [2.05, 4.69) is 4.98 Å². The number of aromatic nitrogens is 1. The van der Waals surface area contributed by atoms with Crippen molar-refractivity contribution in [2.24, 2.45) is 0 Å². The van der Waals surface area contributed by atoms with Gasteiger partial charge in [-0.15, -0.1) is 0 Å². The van der Waals surface area contributed by atoms with Gasteiger partial charge in [0.25, 0.3) is 0 Å². The van der Waals surface area contributed by atoms with Crippen LogP contribution in [0.1, 0.15) is 11.3 Å². The Morgan fingerprint density at radius 1 is 1.09 bits per heavy atom. The van der Waals surface area contributed by atoms with Crippen LogP contribution in [-0.2, 0) is 12.6 Å². The molecule has 22 heavy (non-hydrogen) atoms. The summed E-state index contributed by atoms with van der Waals surface area (Å²) in [5, 5.41) is 9.05. The van der Waals surface area contributed by atoms with Gasteiger partial charge in [-0.3, -0.25) is 0 Å².